The topological polar surface area (TPSA) is 65.2 Å². The van der Waals surface area contributed by atoms with Crippen molar-refractivity contribution in [3.63, 3.8) is 0 Å². The van der Waals surface area contributed by atoms with E-state index in [9.17, 15) is 9.59 Å². The van der Waals surface area contributed by atoms with E-state index in [2.05, 4.69) is 17.2 Å². The summed E-state index contributed by atoms with van der Waals surface area (Å²) in [4.78, 5) is 28.8. The number of H-pyrrole nitrogens is 1. The number of amides is 1. The molecule has 0 saturated carbocycles. The largest absolute Gasteiger partial charge is 0.335 e. The zero-order chi connectivity index (χ0) is 13.4. The van der Waals surface area contributed by atoms with Gasteiger partial charge in [-0.2, -0.15) is 0 Å². The number of aromatic nitrogens is 1. The van der Waals surface area contributed by atoms with E-state index in [1.54, 1.807) is 18.3 Å². The number of nitrogens with zero attached hydrogens (tertiary/aromatic N) is 1. The Hall–Kier alpha value is -1.62. The molecule has 2 saturated heterocycles. The standard InChI is InChI=1S/C14H19N3O2/c1-2-12-11-7-15-6-9(11)8-17(12)14(19)10-4-3-5-16-13(10)18/h3-5,9,11-12,15H,2,6-8H2,1H3,(H,16,18). The Morgan fingerprint density at radius 1 is 1.47 bits per heavy atom. The number of carbonyl (C=O) groups is 1. The molecule has 1 amide bonds. The normalized spacial score (nSPS) is 29.5. The second-order valence-electron chi connectivity index (χ2n) is 5.43. The van der Waals surface area contributed by atoms with Gasteiger partial charge >= 0.3 is 0 Å². The molecule has 19 heavy (non-hydrogen) atoms. The highest BCUT2D eigenvalue weighted by atomic mass is 16.2. The van der Waals surface area contributed by atoms with Crippen LogP contribution in [0.2, 0.25) is 0 Å². The molecule has 0 radical (unpaired) electrons. The van der Waals surface area contributed by atoms with Crippen molar-refractivity contribution >= 4 is 5.91 Å². The molecule has 2 N–H and O–H groups in total. The maximum absolute atomic E-state index is 12.6. The Labute approximate surface area is 112 Å². The molecule has 1 aromatic rings. The number of carbonyl (C=O) groups excluding carboxylic acids is 1. The van der Waals surface area contributed by atoms with Crippen molar-refractivity contribution in [1.82, 2.24) is 15.2 Å². The van der Waals surface area contributed by atoms with E-state index < -0.39 is 0 Å². The summed E-state index contributed by atoms with van der Waals surface area (Å²) in [6.45, 7) is 4.85. The molecule has 3 unspecified atom stereocenters. The maximum atomic E-state index is 12.6. The third-order valence-corrected chi connectivity index (χ3v) is 4.45. The highest BCUT2D eigenvalue weighted by Crippen LogP contribution is 2.34. The second kappa shape index (κ2) is 4.81. The van der Waals surface area contributed by atoms with E-state index in [1.165, 1.54) is 0 Å². The maximum Gasteiger partial charge on any atom is 0.260 e. The molecular weight excluding hydrogens is 242 g/mol. The fraction of sp³-hybridized carbons (Fsp3) is 0.571. The Morgan fingerprint density at radius 3 is 3.05 bits per heavy atom. The van der Waals surface area contributed by atoms with Crippen LogP contribution in [-0.2, 0) is 0 Å². The van der Waals surface area contributed by atoms with Gasteiger partial charge in [0.1, 0.15) is 5.56 Å². The van der Waals surface area contributed by atoms with Crippen LogP contribution in [0.25, 0.3) is 0 Å². The molecule has 102 valence electrons. The van der Waals surface area contributed by atoms with Crippen LogP contribution in [0.5, 0.6) is 0 Å². The van der Waals surface area contributed by atoms with E-state index >= 15 is 0 Å². The third kappa shape index (κ3) is 1.98. The van der Waals surface area contributed by atoms with Crippen LogP contribution in [0.3, 0.4) is 0 Å². The summed E-state index contributed by atoms with van der Waals surface area (Å²) in [6, 6.07) is 3.57. The number of nitrogens with one attached hydrogen (secondary N) is 2. The molecule has 2 aliphatic heterocycles. The fourth-order valence-electron chi connectivity index (χ4n) is 3.52. The van der Waals surface area contributed by atoms with Crippen molar-refractivity contribution < 1.29 is 4.79 Å². The average molecular weight is 261 g/mol. The van der Waals surface area contributed by atoms with Gasteiger partial charge in [0.15, 0.2) is 0 Å². The Morgan fingerprint density at radius 2 is 2.32 bits per heavy atom. The van der Waals surface area contributed by atoms with Crippen molar-refractivity contribution in [2.24, 2.45) is 11.8 Å². The molecule has 2 fully saturated rings. The molecule has 5 nitrogen and oxygen atoms in total. The second-order valence-corrected chi connectivity index (χ2v) is 5.43. The number of pyridine rings is 1. The number of hydrogen-bond donors (Lipinski definition) is 2. The van der Waals surface area contributed by atoms with Crippen LogP contribution in [0, 0.1) is 11.8 Å². The van der Waals surface area contributed by atoms with Crippen LogP contribution in [-0.4, -0.2) is 41.5 Å². The molecule has 0 aliphatic carbocycles. The summed E-state index contributed by atoms with van der Waals surface area (Å²) in [5, 5.41) is 3.39. The summed E-state index contributed by atoms with van der Waals surface area (Å²) in [6.07, 6.45) is 2.50. The lowest BCUT2D eigenvalue weighted by Crippen LogP contribution is -2.41. The van der Waals surface area contributed by atoms with Gasteiger partial charge in [-0.1, -0.05) is 6.92 Å². The number of rotatable bonds is 2. The Kier molecular flexibility index (Phi) is 3.14. The van der Waals surface area contributed by atoms with Crippen molar-refractivity contribution in [3.05, 3.63) is 34.2 Å². The van der Waals surface area contributed by atoms with E-state index in [0.717, 1.165) is 26.1 Å². The van der Waals surface area contributed by atoms with E-state index in [0.29, 0.717) is 11.8 Å². The minimum atomic E-state index is -0.294. The number of aromatic amines is 1. The summed E-state index contributed by atoms with van der Waals surface area (Å²) >= 11 is 0. The first kappa shape index (κ1) is 12.4. The highest BCUT2D eigenvalue weighted by molar-refractivity contribution is 5.94. The number of hydrogen-bond acceptors (Lipinski definition) is 3. The molecule has 3 heterocycles. The average Bonchev–Trinajstić information content (AvgIpc) is 2.98. The van der Waals surface area contributed by atoms with Crippen molar-refractivity contribution in [1.29, 1.82) is 0 Å². The van der Waals surface area contributed by atoms with Crippen molar-refractivity contribution in [2.45, 2.75) is 19.4 Å². The minimum absolute atomic E-state index is 0.122. The Balaban J connectivity index is 1.88. The highest BCUT2D eigenvalue weighted by Gasteiger charge is 2.45. The van der Waals surface area contributed by atoms with Crippen LogP contribution in [0.15, 0.2) is 23.1 Å². The molecule has 0 aromatic carbocycles. The molecule has 0 bridgehead atoms. The summed E-state index contributed by atoms with van der Waals surface area (Å²) in [5.74, 6) is 0.955. The van der Waals surface area contributed by atoms with Crippen LogP contribution < -0.4 is 10.9 Å². The van der Waals surface area contributed by atoms with Crippen molar-refractivity contribution in [2.75, 3.05) is 19.6 Å². The quantitative estimate of drug-likeness (QED) is 0.812. The smallest absolute Gasteiger partial charge is 0.260 e. The van der Waals surface area contributed by atoms with Crippen LogP contribution in [0.4, 0.5) is 0 Å². The molecule has 0 spiro atoms. The number of likely N-dealkylation sites (tertiary alicyclic amines) is 1. The van der Waals surface area contributed by atoms with Gasteiger partial charge in [-0.25, -0.2) is 0 Å². The Bertz CT molecular complexity index is 539. The molecule has 2 aliphatic rings. The van der Waals surface area contributed by atoms with Gasteiger partial charge in [0.05, 0.1) is 0 Å². The SMILES string of the molecule is CCC1C2CNCC2CN1C(=O)c1ccc[nH]c1=O. The lowest BCUT2D eigenvalue weighted by Gasteiger charge is -2.26. The van der Waals surface area contributed by atoms with Gasteiger partial charge < -0.3 is 15.2 Å². The first-order chi connectivity index (χ1) is 9.22. The zero-order valence-electron chi connectivity index (χ0n) is 11.1. The molecule has 3 rings (SSSR count). The van der Waals surface area contributed by atoms with E-state index in [1.807, 2.05) is 4.90 Å². The molecule has 3 atom stereocenters. The summed E-state index contributed by atoms with van der Waals surface area (Å²) < 4.78 is 0. The molecule has 1 aromatic heterocycles. The van der Waals surface area contributed by atoms with Gasteiger partial charge in [0.25, 0.3) is 11.5 Å². The van der Waals surface area contributed by atoms with Gasteiger partial charge in [-0.3, -0.25) is 9.59 Å². The minimum Gasteiger partial charge on any atom is -0.335 e. The van der Waals surface area contributed by atoms with E-state index in [4.69, 9.17) is 0 Å². The van der Waals surface area contributed by atoms with Crippen molar-refractivity contribution in [3.8, 4) is 0 Å². The zero-order valence-corrected chi connectivity index (χ0v) is 11.1. The predicted octanol–water partition coefficient (Wildman–Crippen LogP) is 0.445. The molecular formula is C14H19N3O2. The van der Waals surface area contributed by atoms with Gasteiger partial charge in [-0.15, -0.1) is 0 Å². The number of fused-ring (bicyclic) bond motifs is 1. The first-order valence-electron chi connectivity index (χ1n) is 6.91. The van der Waals surface area contributed by atoms with Gasteiger partial charge in [0.2, 0.25) is 0 Å². The molecule has 5 heteroatoms. The fourth-order valence-corrected chi connectivity index (χ4v) is 3.52. The van der Waals surface area contributed by atoms with Crippen LogP contribution >= 0.6 is 0 Å². The monoisotopic (exact) mass is 261 g/mol. The van der Waals surface area contributed by atoms with Gasteiger partial charge in [0, 0.05) is 31.9 Å². The third-order valence-electron chi connectivity index (χ3n) is 4.45. The first-order valence-corrected chi connectivity index (χ1v) is 6.91. The summed E-state index contributed by atoms with van der Waals surface area (Å²) in [5.41, 5.74) is -0.0357. The lowest BCUT2D eigenvalue weighted by atomic mass is 9.93. The van der Waals surface area contributed by atoms with E-state index in [-0.39, 0.29) is 23.1 Å². The van der Waals surface area contributed by atoms with Gasteiger partial charge in [-0.05, 0) is 30.4 Å². The predicted molar refractivity (Wildman–Crippen MR) is 72.0 cm³/mol. The lowest BCUT2D eigenvalue weighted by molar-refractivity contribution is 0.0710. The summed E-state index contributed by atoms with van der Waals surface area (Å²) in [7, 11) is 0. The van der Waals surface area contributed by atoms with Crippen LogP contribution in [0.1, 0.15) is 23.7 Å².